The minimum absolute atomic E-state index is 0. The molecule has 3 aliphatic rings. The van der Waals surface area contributed by atoms with Gasteiger partial charge in [-0.05, 0) is 11.6 Å². The summed E-state index contributed by atoms with van der Waals surface area (Å²) >= 11 is 0. The third-order valence-electron chi connectivity index (χ3n) is 6.95. The number of rotatable bonds is 7. The van der Waals surface area contributed by atoms with Crippen LogP contribution in [-0.4, -0.2) is 68.7 Å². The zero-order chi connectivity index (χ0) is 23.6. The number of ether oxygens (including phenoxy) is 1. The van der Waals surface area contributed by atoms with E-state index in [1.165, 1.54) is 25.2 Å². The highest BCUT2D eigenvalue weighted by Gasteiger charge is 2.51. The number of piperidine rings is 3. The number of benzene rings is 1. The minimum Gasteiger partial charge on any atom is -1.00 e. The monoisotopic (exact) mass is 543 g/mol. The van der Waals surface area contributed by atoms with E-state index in [-0.39, 0.29) is 41.3 Å². The van der Waals surface area contributed by atoms with Gasteiger partial charge in [-0.3, -0.25) is 10.1 Å². The first-order valence-electron chi connectivity index (χ1n) is 11.3. The number of furan rings is 1. The summed E-state index contributed by atoms with van der Waals surface area (Å²) in [5.41, 5.74) is -1.27. The third-order valence-corrected chi connectivity index (χ3v) is 6.95. The van der Waals surface area contributed by atoms with Crippen LogP contribution in [-0.2, 0) is 19.9 Å². The Kier molecular flexibility index (Phi) is 7.29. The number of nitrogens with one attached hydrogen (secondary N) is 1. The maximum absolute atomic E-state index is 13.5. The Labute approximate surface area is 212 Å². The van der Waals surface area contributed by atoms with E-state index in [4.69, 9.17) is 9.15 Å². The second kappa shape index (κ2) is 10.2. The molecule has 3 aromatic rings. The molecule has 184 valence electrons. The number of quaternary nitrogens is 1. The van der Waals surface area contributed by atoms with Gasteiger partial charge in [0.1, 0.15) is 19.2 Å². The van der Waals surface area contributed by atoms with Crippen molar-refractivity contribution < 1.29 is 45.3 Å². The standard InChI is InChI=1S/C24H25N5O5.BrH/c30-21(28-23-26-15-25-16-27-23)13-29-9-6-17(7-10-29)20(12-29)34-22(31)24(32,19-8-11-33-14-19)18-4-2-1-3-5-18;/h1-5,8,11,14-17,20,32H,6-7,9-10,12-13H2;1H/t17?,20?,24-,29?;/m1./s1. The Morgan fingerprint density at radius 1 is 1.11 bits per heavy atom. The Morgan fingerprint density at radius 2 is 1.83 bits per heavy atom. The lowest BCUT2D eigenvalue weighted by atomic mass is 9.82. The lowest BCUT2D eigenvalue weighted by Crippen LogP contribution is -3.00. The first-order chi connectivity index (χ1) is 16.5. The summed E-state index contributed by atoms with van der Waals surface area (Å²) in [7, 11) is 0. The SMILES string of the molecule is O=C(C[N+]12CCC(CC1)C(OC(=O)[C@@](O)(c1ccccc1)c1ccoc1)C2)Nc1ncncn1.[Br-]. The zero-order valence-corrected chi connectivity index (χ0v) is 20.5. The molecule has 0 radical (unpaired) electrons. The van der Waals surface area contributed by atoms with Crippen molar-refractivity contribution in [2.45, 2.75) is 24.5 Å². The molecule has 2 aromatic heterocycles. The van der Waals surface area contributed by atoms with Crippen molar-refractivity contribution in [3.05, 3.63) is 72.7 Å². The van der Waals surface area contributed by atoms with Gasteiger partial charge in [-0.2, -0.15) is 0 Å². The molecule has 10 nitrogen and oxygen atoms in total. The normalized spacial score (nSPS) is 24.6. The van der Waals surface area contributed by atoms with Crippen LogP contribution in [0.25, 0.3) is 0 Å². The first kappa shape index (κ1) is 25.0. The minimum atomic E-state index is -1.98. The van der Waals surface area contributed by atoms with Crippen molar-refractivity contribution in [2.24, 2.45) is 5.92 Å². The van der Waals surface area contributed by atoms with Crippen molar-refractivity contribution in [3.63, 3.8) is 0 Å². The van der Waals surface area contributed by atoms with Gasteiger partial charge in [-0.15, -0.1) is 0 Å². The van der Waals surface area contributed by atoms with Crippen LogP contribution in [0, 0.1) is 5.92 Å². The molecule has 3 aliphatic heterocycles. The molecule has 1 amide bonds. The van der Waals surface area contributed by atoms with E-state index in [1.54, 1.807) is 30.3 Å². The van der Waals surface area contributed by atoms with Crippen LogP contribution >= 0.6 is 0 Å². The fraction of sp³-hybridized carbons (Fsp3) is 0.375. The molecular weight excluding hydrogens is 518 g/mol. The molecule has 0 spiro atoms. The summed E-state index contributed by atoms with van der Waals surface area (Å²) in [6, 6.07) is 10.3. The van der Waals surface area contributed by atoms with Crippen molar-refractivity contribution in [1.82, 2.24) is 15.0 Å². The average molecular weight is 544 g/mol. The first-order valence-corrected chi connectivity index (χ1v) is 11.3. The molecule has 1 aromatic carbocycles. The summed E-state index contributed by atoms with van der Waals surface area (Å²) < 4.78 is 11.6. The summed E-state index contributed by atoms with van der Waals surface area (Å²) in [5.74, 6) is -0.538. The molecule has 0 saturated carbocycles. The lowest BCUT2D eigenvalue weighted by molar-refractivity contribution is -0.939. The van der Waals surface area contributed by atoms with Crippen LogP contribution in [0.3, 0.4) is 0 Å². The van der Waals surface area contributed by atoms with E-state index in [9.17, 15) is 14.7 Å². The predicted molar refractivity (Wildman–Crippen MR) is 119 cm³/mol. The fourth-order valence-corrected chi connectivity index (χ4v) is 5.12. The maximum Gasteiger partial charge on any atom is 0.348 e. The van der Waals surface area contributed by atoms with Gasteiger partial charge in [-0.1, -0.05) is 30.3 Å². The molecule has 0 aliphatic carbocycles. The topological polar surface area (TPSA) is 127 Å². The van der Waals surface area contributed by atoms with E-state index in [0.29, 0.717) is 22.2 Å². The molecule has 2 N–H and O–H groups in total. The van der Waals surface area contributed by atoms with Gasteiger partial charge >= 0.3 is 5.97 Å². The van der Waals surface area contributed by atoms with Gasteiger partial charge in [0.2, 0.25) is 11.5 Å². The van der Waals surface area contributed by atoms with Gasteiger partial charge in [0.25, 0.3) is 5.91 Å². The number of esters is 1. The molecule has 35 heavy (non-hydrogen) atoms. The Bertz CT molecular complexity index is 1140. The number of amides is 1. The summed E-state index contributed by atoms with van der Waals surface area (Å²) in [4.78, 5) is 37.8. The number of halogens is 1. The molecule has 2 atom stereocenters. The Balaban J connectivity index is 0.00000289. The van der Waals surface area contributed by atoms with Crippen molar-refractivity contribution in [1.29, 1.82) is 0 Å². The van der Waals surface area contributed by atoms with Crippen molar-refractivity contribution >= 4 is 17.8 Å². The van der Waals surface area contributed by atoms with E-state index in [1.807, 2.05) is 6.07 Å². The Morgan fingerprint density at radius 3 is 2.49 bits per heavy atom. The Hall–Kier alpha value is -3.15. The number of fused-ring (bicyclic) bond motifs is 3. The molecule has 3 fully saturated rings. The van der Waals surface area contributed by atoms with Gasteiger partial charge in [-0.25, -0.2) is 19.7 Å². The number of hydrogen-bond acceptors (Lipinski definition) is 8. The molecule has 11 heteroatoms. The predicted octanol–water partition coefficient (Wildman–Crippen LogP) is -1.50. The number of carbonyl (C=O) groups is 2. The highest BCUT2D eigenvalue weighted by molar-refractivity contribution is 5.89. The highest BCUT2D eigenvalue weighted by atomic mass is 79.9. The smallest absolute Gasteiger partial charge is 0.348 e. The second-order valence-electron chi connectivity index (χ2n) is 9.01. The fourth-order valence-electron chi connectivity index (χ4n) is 5.12. The average Bonchev–Trinajstić information content (AvgIpc) is 3.40. The van der Waals surface area contributed by atoms with Crippen LogP contribution in [0.5, 0.6) is 0 Å². The largest absolute Gasteiger partial charge is 1.00 e. The summed E-state index contributed by atoms with van der Waals surface area (Å²) in [5, 5.41) is 14.3. The molecule has 1 unspecified atom stereocenters. The van der Waals surface area contributed by atoms with Crippen LogP contribution in [0.1, 0.15) is 24.0 Å². The number of aliphatic hydroxyl groups is 1. The lowest BCUT2D eigenvalue weighted by Gasteiger charge is -2.51. The highest BCUT2D eigenvalue weighted by Crippen LogP contribution is 2.38. The van der Waals surface area contributed by atoms with Crippen LogP contribution < -0.4 is 22.3 Å². The van der Waals surface area contributed by atoms with Crippen molar-refractivity contribution in [2.75, 3.05) is 31.5 Å². The number of nitrogens with zero attached hydrogens (tertiary/aromatic N) is 4. The number of aromatic nitrogens is 3. The third kappa shape index (κ3) is 4.97. The van der Waals surface area contributed by atoms with Crippen molar-refractivity contribution in [3.8, 4) is 0 Å². The molecule has 3 saturated heterocycles. The number of anilines is 1. The van der Waals surface area contributed by atoms with Gasteiger partial charge < -0.3 is 35.7 Å². The second-order valence-corrected chi connectivity index (χ2v) is 9.01. The van der Waals surface area contributed by atoms with Crippen LogP contribution in [0.15, 0.2) is 66.0 Å². The molecule has 5 heterocycles. The quantitative estimate of drug-likeness (QED) is 0.272. The zero-order valence-electron chi connectivity index (χ0n) is 18.9. The van der Waals surface area contributed by atoms with E-state index in [0.717, 1.165) is 25.9 Å². The van der Waals surface area contributed by atoms with Gasteiger partial charge in [0.15, 0.2) is 12.6 Å². The van der Waals surface area contributed by atoms with E-state index in [2.05, 4.69) is 20.3 Å². The summed E-state index contributed by atoms with van der Waals surface area (Å²) in [6.45, 7) is 2.40. The number of hydrogen-bond donors (Lipinski definition) is 2. The van der Waals surface area contributed by atoms with Gasteiger partial charge in [0.05, 0.1) is 25.6 Å². The van der Waals surface area contributed by atoms with E-state index < -0.39 is 17.7 Å². The van der Waals surface area contributed by atoms with Crippen LogP contribution in [0.4, 0.5) is 5.95 Å². The molecule has 2 bridgehead atoms. The number of carbonyl (C=O) groups excluding carboxylic acids is 2. The summed E-state index contributed by atoms with van der Waals surface area (Å²) in [6.07, 6.45) is 6.69. The molecule has 6 rings (SSSR count). The van der Waals surface area contributed by atoms with Crippen LogP contribution in [0.2, 0.25) is 0 Å². The van der Waals surface area contributed by atoms with Gasteiger partial charge in [0, 0.05) is 24.3 Å². The maximum atomic E-state index is 13.5. The molecular formula is C24H26BrN5O5. The van der Waals surface area contributed by atoms with E-state index >= 15 is 0 Å².